The average Bonchev–Trinajstić information content (AvgIpc) is 2.95. The minimum absolute atomic E-state index is 0.0814. The summed E-state index contributed by atoms with van der Waals surface area (Å²) in [5.41, 5.74) is 7.14. The van der Waals surface area contributed by atoms with Gasteiger partial charge in [0.2, 0.25) is 0 Å². The molecule has 18 heavy (non-hydrogen) atoms. The molecular weight excluding hydrogens is 228 g/mol. The summed E-state index contributed by atoms with van der Waals surface area (Å²) in [7, 11) is 1.84. The van der Waals surface area contributed by atoms with Gasteiger partial charge in [0.05, 0.1) is 11.3 Å². The van der Waals surface area contributed by atoms with Gasteiger partial charge < -0.3 is 10.6 Å². The highest BCUT2D eigenvalue weighted by atomic mass is 16.2. The van der Waals surface area contributed by atoms with Crippen LogP contribution in [0.1, 0.15) is 41.7 Å². The lowest BCUT2D eigenvalue weighted by Crippen LogP contribution is -2.42. The summed E-state index contributed by atoms with van der Waals surface area (Å²) in [5, 5.41) is 4.24. The molecular formula is C13H22N4O. The van der Waals surface area contributed by atoms with Crippen LogP contribution >= 0.6 is 0 Å². The highest BCUT2D eigenvalue weighted by molar-refractivity contribution is 5.95. The molecule has 0 unspecified atom stereocenters. The van der Waals surface area contributed by atoms with Crippen molar-refractivity contribution in [3.63, 3.8) is 0 Å². The molecule has 0 aromatic carbocycles. The molecule has 0 aliphatic heterocycles. The summed E-state index contributed by atoms with van der Waals surface area (Å²) in [6, 6.07) is 0.362. The molecule has 5 nitrogen and oxygen atoms in total. The Bertz CT molecular complexity index is 421. The van der Waals surface area contributed by atoms with Gasteiger partial charge in [0.15, 0.2) is 0 Å². The molecule has 2 N–H and O–H groups in total. The van der Waals surface area contributed by atoms with E-state index in [1.165, 1.54) is 12.8 Å². The topological polar surface area (TPSA) is 64.2 Å². The molecule has 1 aromatic heterocycles. The fourth-order valence-corrected chi connectivity index (χ4v) is 2.77. The number of carbonyl (C=O) groups excluding carboxylic acids is 1. The molecule has 1 amide bonds. The zero-order valence-corrected chi connectivity index (χ0v) is 11.2. The Labute approximate surface area is 108 Å². The van der Waals surface area contributed by atoms with Crippen molar-refractivity contribution in [1.29, 1.82) is 0 Å². The molecule has 0 atom stereocenters. The predicted molar refractivity (Wildman–Crippen MR) is 70.3 cm³/mol. The lowest BCUT2D eigenvalue weighted by Gasteiger charge is -2.28. The van der Waals surface area contributed by atoms with Gasteiger partial charge in [-0.15, -0.1) is 0 Å². The maximum Gasteiger partial charge on any atom is 0.257 e. The van der Waals surface area contributed by atoms with E-state index in [-0.39, 0.29) is 5.91 Å². The molecule has 100 valence electrons. The number of nitrogens with two attached hydrogens (primary N) is 1. The number of amides is 1. The molecule has 0 saturated heterocycles. The second-order valence-electron chi connectivity index (χ2n) is 5.03. The SMILES string of the molecule is Cc1nn(C)cc1C(=O)N(CCN)C1CCCC1. The zero-order valence-electron chi connectivity index (χ0n) is 11.2. The maximum atomic E-state index is 12.6. The summed E-state index contributed by atoms with van der Waals surface area (Å²) in [4.78, 5) is 14.5. The van der Waals surface area contributed by atoms with Crippen molar-refractivity contribution in [3.8, 4) is 0 Å². The van der Waals surface area contributed by atoms with Crippen LogP contribution in [-0.2, 0) is 7.05 Å². The van der Waals surface area contributed by atoms with Crippen molar-refractivity contribution in [1.82, 2.24) is 14.7 Å². The lowest BCUT2D eigenvalue weighted by atomic mass is 10.1. The quantitative estimate of drug-likeness (QED) is 0.869. The van der Waals surface area contributed by atoms with E-state index in [1.807, 2.05) is 18.9 Å². The standard InChI is InChI=1S/C13H22N4O/c1-10-12(9-16(2)15-10)13(18)17(8-7-14)11-5-3-4-6-11/h9,11H,3-8,14H2,1-2H3. The molecule has 1 heterocycles. The fourth-order valence-electron chi connectivity index (χ4n) is 2.77. The van der Waals surface area contributed by atoms with Crippen LogP contribution in [0.25, 0.3) is 0 Å². The minimum Gasteiger partial charge on any atom is -0.334 e. The number of aromatic nitrogens is 2. The van der Waals surface area contributed by atoms with Crippen LogP contribution < -0.4 is 5.73 Å². The maximum absolute atomic E-state index is 12.6. The Morgan fingerprint density at radius 2 is 2.22 bits per heavy atom. The van der Waals surface area contributed by atoms with Crippen molar-refractivity contribution in [2.45, 2.75) is 38.6 Å². The van der Waals surface area contributed by atoms with E-state index in [9.17, 15) is 4.79 Å². The Hall–Kier alpha value is -1.36. The molecule has 1 saturated carbocycles. The van der Waals surface area contributed by atoms with Crippen molar-refractivity contribution >= 4 is 5.91 Å². The first-order chi connectivity index (χ1) is 8.63. The minimum atomic E-state index is 0.0814. The first kappa shape index (κ1) is 13.1. The molecule has 1 fully saturated rings. The summed E-state index contributed by atoms with van der Waals surface area (Å²) < 4.78 is 1.69. The van der Waals surface area contributed by atoms with Crippen molar-refractivity contribution in [2.75, 3.05) is 13.1 Å². The van der Waals surface area contributed by atoms with Crippen molar-refractivity contribution in [2.24, 2.45) is 12.8 Å². The largest absolute Gasteiger partial charge is 0.334 e. The van der Waals surface area contributed by atoms with Gasteiger partial charge in [-0.05, 0) is 19.8 Å². The molecule has 1 aliphatic rings. The number of hydrogen-bond donors (Lipinski definition) is 1. The normalized spacial score (nSPS) is 16.2. The van der Waals surface area contributed by atoms with Crippen LogP contribution in [0, 0.1) is 6.92 Å². The Kier molecular flexibility index (Phi) is 4.01. The van der Waals surface area contributed by atoms with Crippen LogP contribution in [0.5, 0.6) is 0 Å². The summed E-state index contributed by atoms with van der Waals surface area (Å²) in [5.74, 6) is 0.0814. The predicted octanol–water partition coefficient (Wildman–Crippen LogP) is 1.07. The molecule has 0 radical (unpaired) electrons. The summed E-state index contributed by atoms with van der Waals surface area (Å²) in [6.07, 6.45) is 6.43. The van der Waals surface area contributed by atoms with Gasteiger partial charge in [-0.2, -0.15) is 5.10 Å². The average molecular weight is 250 g/mol. The van der Waals surface area contributed by atoms with Crippen LogP contribution in [0.15, 0.2) is 6.20 Å². The first-order valence-corrected chi connectivity index (χ1v) is 6.64. The molecule has 1 aromatic rings. The number of aryl methyl sites for hydroxylation is 2. The third-order valence-electron chi connectivity index (χ3n) is 3.64. The van der Waals surface area contributed by atoms with Crippen LogP contribution in [0.4, 0.5) is 0 Å². The van der Waals surface area contributed by atoms with Gasteiger partial charge in [0, 0.05) is 32.4 Å². The highest BCUT2D eigenvalue weighted by Crippen LogP contribution is 2.25. The molecule has 0 spiro atoms. The number of nitrogens with zero attached hydrogens (tertiary/aromatic N) is 3. The third-order valence-corrected chi connectivity index (χ3v) is 3.64. The molecule has 1 aliphatic carbocycles. The number of rotatable bonds is 4. The first-order valence-electron chi connectivity index (χ1n) is 6.64. The monoisotopic (exact) mass is 250 g/mol. The second-order valence-corrected chi connectivity index (χ2v) is 5.03. The van der Waals surface area contributed by atoms with E-state index in [0.717, 1.165) is 18.5 Å². The third kappa shape index (κ3) is 2.56. The summed E-state index contributed by atoms with van der Waals surface area (Å²) in [6.45, 7) is 3.03. The van der Waals surface area contributed by atoms with Crippen molar-refractivity contribution < 1.29 is 4.79 Å². The Morgan fingerprint density at radius 3 is 2.72 bits per heavy atom. The van der Waals surface area contributed by atoms with E-state index in [1.54, 1.807) is 10.9 Å². The van der Waals surface area contributed by atoms with Gasteiger partial charge in [0.25, 0.3) is 5.91 Å². The van der Waals surface area contributed by atoms with Crippen LogP contribution in [0.2, 0.25) is 0 Å². The van der Waals surface area contributed by atoms with Crippen molar-refractivity contribution in [3.05, 3.63) is 17.5 Å². The highest BCUT2D eigenvalue weighted by Gasteiger charge is 2.28. The van der Waals surface area contributed by atoms with Gasteiger partial charge in [-0.3, -0.25) is 9.48 Å². The molecule has 0 bridgehead atoms. The second kappa shape index (κ2) is 5.52. The van der Waals surface area contributed by atoms with Gasteiger partial charge in [-0.1, -0.05) is 12.8 Å². The number of hydrogen-bond acceptors (Lipinski definition) is 3. The van der Waals surface area contributed by atoms with E-state index in [0.29, 0.717) is 24.7 Å². The zero-order chi connectivity index (χ0) is 13.1. The lowest BCUT2D eigenvalue weighted by molar-refractivity contribution is 0.0687. The van der Waals surface area contributed by atoms with Crippen LogP contribution in [-0.4, -0.2) is 39.7 Å². The van der Waals surface area contributed by atoms with Crippen LogP contribution in [0.3, 0.4) is 0 Å². The van der Waals surface area contributed by atoms with Gasteiger partial charge in [-0.25, -0.2) is 0 Å². The van der Waals surface area contributed by atoms with E-state index in [4.69, 9.17) is 5.73 Å². The number of carbonyl (C=O) groups is 1. The van der Waals surface area contributed by atoms with Gasteiger partial charge >= 0.3 is 0 Å². The Morgan fingerprint density at radius 1 is 1.56 bits per heavy atom. The molecule has 2 rings (SSSR count). The molecule has 5 heteroatoms. The van der Waals surface area contributed by atoms with Gasteiger partial charge in [0.1, 0.15) is 0 Å². The Balaban J connectivity index is 2.19. The fraction of sp³-hybridized carbons (Fsp3) is 0.692. The summed E-state index contributed by atoms with van der Waals surface area (Å²) >= 11 is 0. The van der Waals surface area contributed by atoms with E-state index < -0.39 is 0 Å². The van der Waals surface area contributed by atoms with E-state index >= 15 is 0 Å². The van der Waals surface area contributed by atoms with E-state index in [2.05, 4.69) is 5.10 Å². The smallest absolute Gasteiger partial charge is 0.257 e.